The number of hydrogen-bond acceptors (Lipinski definition) is 2. The van der Waals surface area contributed by atoms with Crippen molar-refractivity contribution in [3.63, 3.8) is 0 Å². The van der Waals surface area contributed by atoms with Crippen LogP contribution >= 0.6 is 0 Å². The van der Waals surface area contributed by atoms with Gasteiger partial charge in [0.15, 0.2) is 0 Å². The van der Waals surface area contributed by atoms with E-state index in [0.717, 1.165) is 6.42 Å². The Morgan fingerprint density at radius 3 is 1.88 bits per heavy atom. The molecule has 0 aromatic heterocycles. The van der Waals surface area contributed by atoms with Gasteiger partial charge in [0.25, 0.3) is 6.47 Å². The van der Waals surface area contributed by atoms with Crippen molar-refractivity contribution >= 4 is 6.47 Å². The molecule has 17 heavy (non-hydrogen) atoms. The Morgan fingerprint density at radius 2 is 1.35 bits per heavy atom. The van der Waals surface area contributed by atoms with E-state index in [1.54, 1.807) is 0 Å². The molecule has 0 atom stereocenters. The average Bonchev–Trinajstić information content (AvgIpc) is 2.35. The minimum Gasteiger partial charge on any atom is -0.437 e. The predicted molar refractivity (Wildman–Crippen MR) is 72.8 cm³/mol. The van der Waals surface area contributed by atoms with E-state index in [4.69, 9.17) is 0 Å². The summed E-state index contributed by atoms with van der Waals surface area (Å²) in [5.74, 6) is 0. The first-order chi connectivity index (χ1) is 8.41. The Bertz CT molecular complexity index is 176. The molecule has 0 amide bonds. The third-order valence-electron chi connectivity index (χ3n) is 2.95. The van der Waals surface area contributed by atoms with Gasteiger partial charge in [-0.15, -0.1) is 0 Å². The molecular formula is C15H28O2. The van der Waals surface area contributed by atoms with Crippen molar-refractivity contribution in [2.24, 2.45) is 0 Å². The summed E-state index contributed by atoms with van der Waals surface area (Å²) in [5, 5.41) is 0. The van der Waals surface area contributed by atoms with Gasteiger partial charge in [0.1, 0.15) is 0 Å². The Balaban J connectivity index is 2.96. The molecule has 0 spiro atoms. The fourth-order valence-electron chi connectivity index (χ4n) is 1.91. The molecule has 0 saturated carbocycles. The van der Waals surface area contributed by atoms with Crippen LogP contribution in [-0.4, -0.2) is 6.47 Å². The van der Waals surface area contributed by atoms with Crippen molar-refractivity contribution < 1.29 is 9.53 Å². The molecule has 0 aliphatic heterocycles. The minimum atomic E-state index is 0.453. The molecule has 2 nitrogen and oxygen atoms in total. The van der Waals surface area contributed by atoms with Crippen molar-refractivity contribution in [1.29, 1.82) is 0 Å². The van der Waals surface area contributed by atoms with E-state index in [2.05, 4.69) is 11.7 Å². The van der Waals surface area contributed by atoms with Gasteiger partial charge < -0.3 is 4.74 Å². The first-order valence-corrected chi connectivity index (χ1v) is 7.16. The van der Waals surface area contributed by atoms with E-state index in [-0.39, 0.29) is 0 Å². The molecule has 100 valence electrons. The van der Waals surface area contributed by atoms with Gasteiger partial charge in [-0.1, -0.05) is 64.7 Å². The lowest BCUT2D eigenvalue weighted by molar-refractivity contribution is -0.123. The second-order valence-corrected chi connectivity index (χ2v) is 4.57. The minimum absolute atomic E-state index is 0.453. The first kappa shape index (κ1) is 16.2. The third kappa shape index (κ3) is 15.2. The van der Waals surface area contributed by atoms with Crippen molar-refractivity contribution in [2.45, 2.75) is 77.6 Å². The molecule has 0 aromatic rings. The van der Waals surface area contributed by atoms with Crippen LogP contribution in [0.25, 0.3) is 0 Å². The van der Waals surface area contributed by atoms with E-state index < -0.39 is 0 Å². The number of rotatable bonds is 13. The van der Waals surface area contributed by atoms with Gasteiger partial charge in [0.2, 0.25) is 0 Å². The normalized spacial score (nSPS) is 10.9. The van der Waals surface area contributed by atoms with E-state index >= 15 is 0 Å². The molecule has 0 saturated heterocycles. The van der Waals surface area contributed by atoms with E-state index in [0.29, 0.717) is 6.47 Å². The maximum atomic E-state index is 9.83. The standard InChI is InChI=1S/C15H28O2/c1-2-3-4-5-6-7-8-9-10-11-12-13-14-17-15-16/h13-15H,2-12H2,1H3/b14-13-. The fraction of sp³-hybridized carbons (Fsp3) is 0.800. The van der Waals surface area contributed by atoms with E-state index in [9.17, 15) is 4.79 Å². The lowest BCUT2D eigenvalue weighted by atomic mass is 10.1. The lowest BCUT2D eigenvalue weighted by Crippen LogP contribution is -1.81. The summed E-state index contributed by atoms with van der Waals surface area (Å²) >= 11 is 0. The van der Waals surface area contributed by atoms with Crippen molar-refractivity contribution in [1.82, 2.24) is 0 Å². The monoisotopic (exact) mass is 240 g/mol. The average molecular weight is 240 g/mol. The SMILES string of the molecule is CCCCCCCCCCCC/C=C\OC=O. The maximum Gasteiger partial charge on any atom is 0.297 e. The second-order valence-electron chi connectivity index (χ2n) is 4.57. The van der Waals surface area contributed by atoms with Crippen molar-refractivity contribution in [2.75, 3.05) is 0 Å². The highest BCUT2D eigenvalue weighted by molar-refractivity contribution is 5.38. The smallest absolute Gasteiger partial charge is 0.297 e. The fourth-order valence-corrected chi connectivity index (χ4v) is 1.91. The summed E-state index contributed by atoms with van der Waals surface area (Å²) in [5.41, 5.74) is 0. The molecule has 0 aliphatic rings. The summed E-state index contributed by atoms with van der Waals surface area (Å²) in [6, 6.07) is 0. The molecular weight excluding hydrogens is 212 g/mol. The highest BCUT2D eigenvalue weighted by Crippen LogP contribution is 2.11. The molecule has 0 rings (SSSR count). The summed E-state index contributed by atoms with van der Waals surface area (Å²) in [4.78, 5) is 9.83. The number of unbranched alkanes of at least 4 members (excludes halogenated alkanes) is 10. The number of carbonyl (C=O) groups is 1. The van der Waals surface area contributed by atoms with Gasteiger partial charge in [0.05, 0.1) is 6.26 Å². The van der Waals surface area contributed by atoms with Crippen LogP contribution in [0, 0.1) is 0 Å². The molecule has 0 aliphatic carbocycles. The maximum absolute atomic E-state index is 9.83. The highest BCUT2D eigenvalue weighted by Gasteiger charge is 1.91. The van der Waals surface area contributed by atoms with Crippen molar-refractivity contribution in [3.8, 4) is 0 Å². The summed E-state index contributed by atoms with van der Waals surface area (Å²) in [7, 11) is 0. The first-order valence-electron chi connectivity index (χ1n) is 7.16. The molecule has 0 heterocycles. The number of ether oxygens (including phenoxy) is 1. The summed E-state index contributed by atoms with van der Waals surface area (Å²) in [6.45, 7) is 2.71. The second kappa shape index (κ2) is 15.2. The summed E-state index contributed by atoms with van der Waals surface area (Å²) < 4.78 is 4.46. The lowest BCUT2D eigenvalue weighted by Gasteiger charge is -2.01. The van der Waals surface area contributed by atoms with Crippen LogP contribution in [0.3, 0.4) is 0 Å². The Morgan fingerprint density at radius 1 is 0.824 bits per heavy atom. The number of allylic oxidation sites excluding steroid dienone is 1. The zero-order chi connectivity index (χ0) is 12.6. The number of carbonyl (C=O) groups excluding carboxylic acids is 1. The van der Waals surface area contributed by atoms with Crippen LogP contribution < -0.4 is 0 Å². The molecule has 0 unspecified atom stereocenters. The van der Waals surface area contributed by atoms with Gasteiger partial charge >= 0.3 is 0 Å². The highest BCUT2D eigenvalue weighted by atomic mass is 16.5. The van der Waals surface area contributed by atoms with Crippen LogP contribution in [0.15, 0.2) is 12.3 Å². The van der Waals surface area contributed by atoms with Gasteiger partial charge in [-0.3, -0.25) is 4.79 Å². The Labute approximate surface area is 106 Å². The van der Waals surface area contributed by atoms with Gasteiger partial charge in [-0.25, -0.2) is 0 Å². The molecule has 0 N–H and O–H groups in total. The van der Waals surface area contributed by atoms with Crippen LogP contribution in [0.2, 0.25) is 0 Å². The topological polar surface area (TPSA) is 26.3 Å². The van der Waals surface area contributed by atoms with Crippen molar-refractivity contribution in [3.05, 3.63) is 12.3 Å². The molecule has 0 radical (unpaired) electrons. The molecule has 0 bridgehead atoms. The molecule has 0 aromatic carbocycles. The van der Waals surface area contributed by atoms with E-state index in [1.807, 2.05) is 6.08 Å². The van der Waals surface area contributed by atoms with E-state index in [1.165, 1.54) is 70.5 Å². The molecule has 2 heteroatoms. The quantitative estimate of drug-likeness (QED) is 0.258. The van der Waals surface area contributed by atoms with Crippen LogP contribution in [-0.2, 0) is 9.53 Å². The largest absolute Gasteiger partial charge is 0.437 e. The molecule has 0 fully saturated rings. The van der Waals surface area contributed by atoms with Crippen LogP contribution in [0.1, 0.15) is 77.6 Å². The summed E-state index contributed by atoms with van der Waals surface area (Å²) in [6.07, 6.45) is 18.0. The predicted octanol–water partition coefficient (Wildman–Crippen LogP) is 4.98. The van der Waals surface area contributed by atoms with Gasteiger partial charge in [0, 0.05) is 0 Å². The zero-order valence-electron chi connectivity index (χ0n) is 11.3. The van der Waals surface area contributed by atoms with Gasteiger partial charge in [-0.2, -0.15) is 0 Å². The zero-order valence-corrected chi connectivity index (χ0v) is 11.3. The third-order valence-corrected chi connectivity index (χ3v) is 2.95. The van der Waals surface area contributed by atoms with Crippen LogP contribution in [0.5, 0.6) is 0 Å². The number of hydrogen-bond donors (Lipinski definition) is 0. The Hall–Kier alpha value is -0.790. The Kier molecular flexibility index (Phi) is 14.5. The van der Waals surface area contributed by atoms with Crippen LogP contribution in [0.4, 0.5) is 0 Å². The van der Waals surface area contributed by atoms with Gasteiger partial charge in [-0.05, 0) is 18.9 Å².